The van der Waals surface area contributed by atoms with Crippen LogP contribution < -0.4 is 0 Å². The Morgan fingerprint density at radius 2 is 2.08 bits per heavy atom. The molecule has 1 aromatic carbocycles. The third kappa shape index (κ3) is 4.10. The second-order valence-electron chi connectivity index (χ2n) is 2.69. The maximum absolute atomic E-state index is 10.8. The zero-order valence-corrected chi connectivity index (χ0v) is 8.64. The molecular formula is C9H9ClO2S. The molecule has 0 aliphatic heterocycles. The zero-order chi connectivity index (χ0) is 9.90. The summed E-state index contributed by atoms with van der Waals surface area (Å²) in [6.45, 7) is 0. The Bertz CT molecular complexity index is 421. The first-order valence-electron chi connectivity index (χ1n) is 3.61. The van der Waals surface area contributed by atoms with Crippen molar-refractivity contribution in [2.24, 2.45) is 0 Å². The van der Waals surface area contributed by atoms with Gasteiger partial charge >= 0.3 is 0 Å². The van der Waals surface area contributed by atoms with Crippen molar-refractivity contribution in [2.75, 3.05) is 6.26 Å². The molecule has 0 fully saturated rings. The fourth-order valence-corrected chi connectivity index (χ4v) is 1.42. The highest BCUT2D eigenvalue weighted by atomic mass is 35.5. The fraction of sp³-hybridized carbons (Fsp3) is 0.111. The van der Waals surface area contributed by atoms with Gasteiger partial charge < -0.3 is 0 Å². The Labute approximate surface area is 82.8 Å². The average molecular weight is 217 g/mol. The lowest BCUT2D eigenvalue weighted by Gasteiger charge is -1.93. The summed E-state index contributed by atoms with van der Waals surface area (Å²) in [5.41, 5.74) is 0.776. The number of sulfone groups is 1. The molecule has 0 N–H and O–H groups in total. The van der Waals surface area contributed by atoms with Gasteiger partial charge in [0.05, 0.1) is 0 Å². The van der Waals surface area contributed by atoms with E-state index in [4.69, 9.17) is 11.6 Å². The molecule has 0 amide bonds. The van der Waals surface area contributed by atoms with Gasteiger partial charge in [-0.2, -0.15) is 0 Å². The maximum atomic E-state index is 10.8. The van der Waals surface area contributed by atoms with Crippen LogP contribution in [0.25, 0.3) is 6.08 Å². The van der Waals surface area contributed by atoms with Gasteiger partial charge in [-0.1, -0.05) is 23.7 Å². The van der Waals surface area contributed by atoms with E-state index in [-0.39, 0.29) is 0 Å². The molecule has 70 valence electrons. The third-order valence-electron chi connectivity index (χ3n) is 1.36. The van der Waals surface area contributed by atoms with Crippen LogP contribution in [-0.2, 0) is 9.84 Å². The van der Waals surface area contributed by atoms with Gasteiger partial charge in [0.2, 0.25) is 0 Å². The molecule has 0 aliphatic carbocycles. The molecule has 0 heterocycles. The number of halogens is 1. The number of benzene rings is 1. The van der Waals surface area contributed by atoms with Gasteiger partial charge in [0, 0.05) is 16.7 Å². The molecule has 2 nitrogen and oxygen atoms in total. The lowest BCUT2D eigenvalue weighted by molar-refractivity contribution is 0.610. The molecule has 4 heteroatoms. The molecule has 0 radical (unpaired) electrons. The van der Waals surface area contributed by atoms with Gasteiger partial charge in [-0.25, -0.2) is 8.42 Å². The van der Waals surface area contributed by atoms with Crippen molar-refractivity contribution in [1.82, 2.24) is 0 Å². The van der Waals surface area contributed by atoms with E-state index < -0.39 is 9.84 Å². The first-order chi connectivity index (χ1) is 5.97. The van der Waals surface area contributed by atoms with Gasteiger partial charge in [-0.3, -0.25) is 0 Å². The minimum absolute atomic E-state index is 0.593. The highest BCUT2D eigenvalue weighted by molar-refractivity contribution is 7.93. The predicted octanol–water partition coefficient (Wildman–Crippen LogP) is 2.36. The van der Waals surface area contributed by atoms with Crippen molar-refractivity contribution < 1.29 is 8.42 Å². The van der Waals surface area contributed by atoms with E-state index in [1.165, 1.54) is 6.08 Å². The van der Waals surface area contributed by atoms with Gasteiger partial charge in [0.25, 0.3) is 0 Å². The van der Waals surface area contributed by atoms with Crippen molar-refractivity contribution in [2.45, 2.75) is 0 Å². The normalized spacial score (nSPS) is 12.2. The molecular weight excluding hydrogens is 208 g/mol. The quantitative estimate of drug-likeness (QED) is 0.761. The highest BCUT2D eigenvalue weighted by Crippen LogP contribution is 2.12. The van der Waals surface area contributed by atoms with E-state index in [2.05, 4.69) is 0 Å². The Hall–Kier alpha value is -0.800. The molecule has 0 spiro atoms. The number of hydrogen-bond acceptors (Lipinski definition) is 2. The minimum atomic E-state index is -3.06. The van der Waals surface area contributed by atoms with E-state index in [0.29, 0.717) is 5.02 Å². The van der Waals surface area contributed by atoms with Crippen LogP contribution in [0.3, 0.4) is 0 Å². The summed E-state index contributed by atoms with van der Waals surface area (Å²) in [5, 5.41) is 1.74. The van der Waals surface area contributed by atoms with Crippen LogP contribution in [-0.4, -0.2) is 14.7 Å². The van der Waals surface area contributed by atoms with Gasteiger partial charge in [0.1, 0.15) is 0 Å². The Kier molecular flexibility index (Phi) is 3.12. The van der Waals surface area contributed by atoms with Gasteiger partial charge in [-0.15, -0.1) is 0 Å². The largest absolute Gasteiger partial charge is 0.225 e. The molecule has 0 saturated carbocycles. The molecule has 0 saturated heterocycles. The highest BCUT2D eigenvalue weighted by Gasteiger charge is 1.93. The molecule has 0 atom stereocenters. The summed E-state index contributed by atoms with van der Waals surface area (Å²) in [5.74, 6) is 0. The summed E-state index contributed by atoms with van der Waals surface area (Å²) in [4.78, 5) is 0. The second-order valence-corrected chi connectivity index (χ2v) is 5.05. The standard InChI is InChI=1S/C9H9ClO2S/c1-13(11,12)6-5-8-3-2-4-9(10)7-8/h2-7H,1H3. The first-order valence-corrected chi connectivity index (χ1v) is 5.94. The van der Waals surface area contributed by atoms with E-state index in [0.717, 1.165) is 17.2 Å². The summed E-state index contributed by atoms with van der Waals surface area (Å²) < 4.78 is 21.5. The monoisotopic (exact) mass is 216 g/mol. The fourth-order valence-electron chi connectivity index (χ4n) is 0.812. The third-order valence-corrected chi connectivity index (χ3v) is 2.22. The minimum Gasteiger partial charge on any atom is -0.225 e. The molecule has 1 rings (SSSR count). The van der Waals surface area contributed by atoms with Crippen molar-refractivity contribution in [1.29, 1.82) is 0 Å². The zero-order valence-electron chi connectivity index (χ0n) is 7.07. The Balaban J connectivity index is 2.93. The van der Waals surface area contributed by atoms with Gasteiger partial charge in [0.15, 0.2) is 9.84 Å². The van der Waals surface area contributed by atoms with Crippen LogP contribution in [0.1, 0.15) is 5.56 Å². The van der Waals surface area contributed by atoms with E-state index in [9.17, 15) is 8.42 Å². The Morgan fingerprint density at radius 3 is 2.62 bits per heavy atom. The van der Waals surface area contributed by atoms with Gasteiger partial charge in [-0.05, 0) is 23.8 Å². The lowest BCUT2D eigenvalue weighted by atomic mass is 10.2. The summed E-state index contributed by atoms with van der Waals surface area (Å²) in [7, 11) is -3.06. The van der Waals surface area contributed by atoms with Crippen LogP contribution in [0.15, 0.2) is 29.7 Å². The SMILES string of the molecule is CS(=O)(=O)C=Cc1cccc(Cl)c1. The van der Waals surface area contributed by atoms with E-state index in [1.807, 2.05) is 0 Å². The topological polar surface area (TPSA) is 34.1 Å². The number of hydrogen-bond donors (Lipinski definition) is 0. The molecule has 0 aromatic heterocycles. The van der Waals surface area contributed by atoms with Crippen LogP contribution in [0.2, 0.25) is 5.02 Å². The summed E-state index contributed by atoms with van der Waals surface area (Å²) in [6, 6.07) is 6.99. The number of rotatable bonds is 2. The smallest absolute Gasteiger partial charge is 0.168 e. The lowest BCUT2D eigenvalue weighted by Crippen LogP contribution is -1.87. The van der Waals surface area contributed by atoms with Crippen molar-refractivity contribution in [3.05, 3.63) is 40.3 Å². The second kappa shape index (κ2) is 3.94. The summed E-state index contributed by atoms with van der Waals surface area (Å²) in [6.07, 6.45) is 2.66. The molecule has 1 aromatic rings. The van der Waals surface area contributed by atoms with Crippen molar-refractivity contribution in [3.63, 3.8) is 0 Å². The van der Waals surface area contributed by atoms with Crippen LogP contribution in [0, 0.1) is 0 Å². The maximum Gasteiger partial charge on any atom is 0.168 e. The molecule has 0 unspecified atom stereocenters. The molecule has 0 aliphatic rings. The van der Waals surface area contributed by atoms with Crippen molar-refractivity contribution >= 4 is 27.5 Å². The van der Waals surface area contributed by atoms with Crippen LogP contribution in [0.4, 0.5) is 0 Å². The molecule has 13 heavy (non-hydrogen) atoms. The van der Waals surface area contributed by atoms with Crippen molar-refractivity contribution in [3.8, 4) is 0 Å². The predicted molar refractivity (Wildman–Crippen MR) is 55.3 cm³/mol. The van der Waals surface area contributed by atoms with E-state index >= 15 is 0 Å². The van der Waals surface area contributed by atoms with E-state index in [1.54, 1.807) is 24.3 Å². The Morgan fingerprint density at radius 1 is 1.38 bits per heavy atom. The van der Waals surface area contributed by atoms with Crippen LogP contribution >= 0.6 is 11.6 Å². The molecule has 0 bridgehead atoms. The summed E-state index contributed by atoms with van der Waals surface area (Å²) >= 11 is 5.71. The average Bonchev–Trinajstić information content (AvgIpc) is 2.00. The first kappa shape index (κ1) is 10.3. The van der Waals surface area contributed by atoms with Crippen LogP contribution in [0.5, 0.6) is 0 Å².